The van der Waals surface area contributed by atoms with Gasteiger partial charge in [0.1, 0.15) is 0 Å². The highest BCUT2D eigenvalue weighted by Gasteiger charge is 2.21. The van der Waals surface area contributed by atoms with Crippen molar-refractivity contribution in [2.75, 3.05) is 7.11 Å². The Morgan fingerprint density at radius 2 is 1.92 bits per heavy atom. The molecule has 0 saturated carbocycles. The van der Waals surface area contributed by atoms with Crippen LogP contribution in [-0.4, -0.2) is 29.6 Å². The van der Waals surface area contributed by atoms with Crippen molar-refractivity contribution in [2.24, 2.45) is 0 Å². The lowest BCUT2D eigenvalue weighted by Crippen LogP contribution is -2.22. The number of allylic oxidation sites excluding steroid dienone is 3. The van der Waals surface area contributed by atoms with E-state index in [9.17, 15) is 14.7 Å². The second-order valence-electron chi connectivity index (χ2n) is 7.62. The number of aliphatic hydroxyl groups is 1. The van der Waals surface area contributed by atoms with Crippen LogP contribution in [0.25, 0.3) is 0 Å². The van der Waals surface area contributed by atoms with Crippen LogP contribution >= 0.6 is 0 Å². The number of esters is 1. The van der Waals surface area contributed by atoms with E-state index >= 15 is 0 Å². The molecule has 0 saturated heterocycles. The molecular formula is C22H36O4. The van der Waals surface area contributed by atoms with Gasteiger partial charge in [-0.25, -0.2) is 0 Å². The molecule has 0 fully saturated rings. The zero-order chi connectivity index (χ0) is 19.4. The summed E-state index contributed by atoms with van der Waals surface area (Å²) in [7, 11) is 1.42. The first-order chi connectivity index (χ1) is 12.4. The maximum atomic E-state index is 12.1. The Bertz CT molecular complexity index is 514. The Hall–Kier alpha value is -1.42. The molecule has 0 heterocycles. The molecule has 1 rings (SSSR count). The minimum Gasteiger partial charge on any atom is -0.469 e. The van der Waals surface area contributed by atoms with E-state index in [1.165, 1.54) is 7.11 Å². The van der Waals surface area contributed by atoms with Gasteiger partial charge in [-0.2, -0.15) is 0 Å². The van der Waals surface area contributed by atoms with Crippen molar-refractivity contribution in [3.63, 3.8) is 0 Å². The number of hydrogen-bond acceptors (Lipinski definition) is 4. The number of methoxy groups -OCH3 is 1. The average molecular weight is 365 g/mol. The summed E-state index contributed by atoms with van der Waals surface area (Å²) >= 11 is 0. The van der Waals surface area contributed by atoms with Gasteiger partial charge in [0.25, 0.3) is 0 Å². The summed E-state index contributed by atoms with van der Waals surface area (Å²) in [6.45, 7) is 4.01. The van der Waals surface area contributed by atoms with Crippen molar-refractivity contribution in [2.45, 2.75) is 96.5 Å². The fourth-order valence-electron chi connectivity index (χ4n) is 3.35. The highest BCUT2D eigenvalue weighted by molar-refractivity contribution is 5.99. The van der Waals surface area contributed by atoms with Gasteiger partial charge in [0.05, 0.1) is 12.7 Å². The van der Waals surface area contributed by atoms with Crippen molar-refractivity contribution in [1.29, 1.82) is 0 Å². The number of unbranched alkanes of at least 4 members (excludes halogenated alkanes) is 4. The lowest BCUT2D eigenvalue weighted by molar-refractivity contribution is -0.140. The first-order valence-corrected chi connectivity index (χ1v) is 10.1. The normalized spacial score (nSPS) is 17.2. The van der Waals surface area contributed by atoms with Crippen LogP contribution in [-0.2, 0) is 14.3 Å². The van der Waals surface area contributed by atoms with Crippen LogP contribution in [0.3, 0.4) is 0 Å². The van der Waals surface area contributed by atoms with Crippen LogP contribution in [0.2, 0.25) is 0 Å². The molecular weight excluding hydrogens is 328 g/mol. The number of ketones is 1. The van der Waals surface area contributed by atoms with Gasteiger partial charge in [0.15, 0.2) is 5.78 Å². The second-order valence-corrected chi connectivity index (χ2v) is 7.62. The van der Waals surface area contributed by atoms with Crippen LogP contribution in [0.5, 0.6) is 0 Å². The molecule has 0 radical (unpaired) electrons. The Kier molecular flexibility index (Phi) is 10.5. The fraction of sp³-hybridized carbons (Fsp3) is 0.727. The van der Waals surface area contributed by atoms with Crippen molar-refractivity contribution in [3.05, 3.63) is 23.3 Å². The molecule has 1 aliphatic carbocycles. The van der Waals surface area contributed by atoms with Crippen molar-refractivity contribution < 1.29 is 19.4 Å². The Labute approximate surface area is 158 Å². The van der Waals surface area contributed by atoms with Gasteiger partial charge >= 0.3 is 5.97 Å². The summed E-state index contributed by atoms with van der Waals surface area (Å²) in [5.41, 5.74) is 1.47. The van der Waals surface area contributed by atoms with E-state index in [0.29, 0.717) is 19.3 Å². The minimum absolute atomic E-state index is 0.152. The summed E-state index contributed by atoms with van der Waals surface area (Å²) in [4.78, 5) is 23.2. The first-order valence-electron chi connectivity index (χ1n) is 10.1. The summed E-state index contributed by atoms with van der Waals surface area (Å²) in [6, 6.07) is 0. The Balaban J connectivity index is 2.42. The summed E-state index contributed by atoms with van der Waals surface area (Å²) in [6.07, 6.45) is 14.2. The predicted octanol–water partition coefficient (Wildman–Crippen LogP) is 5.05. The Morgan fingerprint density at radius 3 is 2.62 bits per heavy atom. The van der Waals surface area contributed by atoms with Gasteiger partial charge in [-0.05, 0) is 56.6 Å². The lowest BCUT2D eigenvalue weighted by atomic mass is 9.94. The third-order valence-corrected chi connectivity index (χ3v) is 5.08. The van der Waals surface area contributed by atoms with E-state index < -0.39 is 5.60 Å². The molecule has 4 heteroatoms. The number of carbonyl (C=O) groups is 2. The van der Waals surface area contributed by atoms with E-state index in [-0.39, 0.29) is 11.8 Å². The van der Waals surface area contributed by atoms with E-state index in [4.69, 9.17) is 0 Å². The SMILES string of the molecule is CCCC[C@@](C)(O)C/C=C/C1=C(CCCCCCC(=O)OC)C(=O)CC1. The number of ether oxygens (including phenoxy) is 1. The monoisotopic (exact) mass is 364 g/mol. The van der Waals surface area contributed by atoms with Crippen LogP contribution < -0.4 is 0 Å². The quantitative estimate of drug-likeness (QED) is 0.367. The highest BCUT2D eigenvalue weighted by Crippen LogP contribution is 2.29. The van der Waals surface area contributed by atoms with Gasteiger partial charge in [-0.15, -0.1) is 0 Å². The van der Waals surface area contributed by atoms with Gasteiger partial charge in [0.2, 0.25) is 0 Å². The van der Waals surface area contributed by atoms with E-state index in [2.05, 4.69) is 17.7 Å². The second kappa shape index (κ2) is 12.1. The van der Waals surface area contributed by atoms with E-state index in [1.54, 1.807) is 0 Å². The van der Waals surface area contributed by atoms with Crippen LogP contribution in [0.1, 0.15) is 90.9 Å². The maximum Gasteiger partial charge on any atom is 0.305 e. The maximum absolute atomic E-state index is 12.1. The lowest BCUT2D eigenvalue weighted by Gasteiger charge is -2.21. The minimum atomic E-state index is -0.657. The molecule has 0 unspecified atom stereocenters. The van der Waals surface area contributed by atoms with Gasteiger partial charge in [0, 0.05) is 12.8 Å². The first kappa shape index (κ1) is 22.6. The molecule has 0 aromatic carbocycles. The molecule has 0 aromatic rings. The number of Topliss-reactive ketones (excluding diaryl/α,β-unsaturated/α-hetero) is 1. The number of carbonyl (C=O) groups excluding carboxylic acids is 2. The number of hydrogen-bond donors (Lipinski definition) is 1. The summed E-state index contributed by atoms with van der Waals surface area (Å²) in [5, 5.41) is 10.4. The molecule has 0 amide bonds. The third kappa shape index (κ3) is 8.79. The molecule has 26 heavy (non-hydrogen) atoms. The zero-order valence-corrected chi connectivity index (χ0v) is 16.8. The molecule has 0 spiro atoms. The molecule has 148 valence electrons. The standard InChI is InChI=1S/C22H36O4/c1-4-5-16-22(2,25)17-10-11-18-14-15-20(23)19(18)12-8-6-7-9-13-21(24)26-3/h10-11,25H,4-9,12-17H2,1-3H3/b11-10+/t22-/m1/s1. The zero-order valence-electron chi connectivity index (χ0n) is 16.8. The summed E-state index contributed by atoms with van der Waals surface area (Å²) < 4.78 is 4.63. The number of rotatable bonds is 13. The molecule has 0 aliphatic heterocycles. The molecule has 1 N–H and O–H groups in total. The molecule has 0 bridgehead atoms. The van der Waals surface area contributed by atoms with Crippen molar-refractivity contribution in [1.82, 2.24) is 0 Å². The molecule has 0 aromatic heterocycles. The summed E-state index contributed by atoms with van der Waals surface area (Å²) in [5.74, 6) is 0.123. The van der Waals surface area contributed by atoms with Gasteiger partial charge in [-0.1, -0.05) is 44.8 Å². The van der Waals surface area contributed by atoms with Crippen LogP contribution in [0, 0.1) is 0 Å². The van der Waals surface area contributed by atoms with Gasteiger partial charge < -0.3 is 9.84 Å². The fourth-order valence-corrected chi connectivity index (χ4v) is 3.35. The Morgan fingerprint density at radius 1 is 1.19 bits per heavy atom. The van der Waals surface area contributed by atoms with E-state index in [1.807, 2.05) is 13.0 Å². The smallest absolute Gasteiger partial charge is 0.305 e. The molecule has 1 atom stereocenters. The average Bonchev–Trinajstić information content (AvgIpc) is 2.96. The van der Waals surface area contributed by atoms with Gasteiger partial charge in [-0.3, -0.25) is 9.59 Å². The topological polar surface area (TPSA) is 63.6 Å². The molecule has 1 aliphatic rings. The van der Waals surface area contributed by atoms with Crippen molar-refractivity contribution in [3.8, 4) is 0 Å². The molecule has 4 nitrogen and oxygen atoms in total. The third-order valence-electron chi connectivity index (χ3n) is 5.08. The van der Waals surface area contributed by atoms with Crippen LogP contribution in [0.15, 0.2) is 23.3 Å². The van der Waals surface area contributed by atoms with Crippen LogP contribution in [0.4, 0.5) is 0 Å². The van der Waals surface area contributed by atoms with Crippen molar-refractivity contribution >= 4 is 11.8 Å². The van der Waals surface area contributed by atoms with E-state index in [0.717, 1.165) is 68.9 Å². The highest BCUT2D eigenvalue weighted by atomic mass is 16.5. The predicted molar refractivity (Wildman–Crippen MR) is 105 cm³/mol. The largest absolute Gasteiger partial charge is 0.469 e.